The summed E-state index contributed by atoms with van der Waals surface area (Å²) in [6, 6.07) is 22.0. The monoisotopic (exact) mass is 443 g/mol. The molecule has 3 heteroatoms. The second kappa shape index (κ2) is 10.4. The molecule has 2 aliphatic heterocycles. The minimum atomic E-state index is 0.154. The van der Waals surface area contributed by atoms with Gasteiger partial charge in [0.1, 0.15) is 6.17 Å². The molecule has 1 aromatic heterocycles. The van der Waals surface area contributed by atoms with Gasteiger partial charge in [0.15, 0.2) is 5.82 Å². The van der Waals surface area contributed by atoms with Crippen molar-refractivity contribution >= 4 is 22.9 Å². The molecule has 0 bridgehead atoms. The SMILES string of the molecule is CC.CC.CCC1(CC)c2ccccc2N2c3ncccc3N(c3ccccc3C)C2C1C. The molecular weight excluding hydrogens is 402 g/mol. The Balaban J connectivity index is 0.000000728. The molecule has 0 radical (unpaired) electrons. The summed E-state index contributed by atoms with van der Waals surface area (Å²) in [4.78, 5) is 9.90. The van der Waals surface area contributed by atoms with Crippen molar-refractivity contribution in [2.75, 3.05) is 9.80 Å². The normalized spacial score (nSPS) is 19.3. The van der Waals surface area contributed by atoms with Gasteiger partial charge in [-0.25, -0.2) is 4.98 Å². The quantitative estimate of drug-likeness (QED) is 0.403. The van der Waals surface area contributed by atoms with E-state index in [2.05, 4.69) is 98.2 Å². The van der Waals surface area contributed by atoms with E-state index in [1.165, 1.54) is 28.2 Å². The molecule has 0 fully saturated rings. The Morgan fingerprint density at radius 1 is 0.758 bits per heavy atom. The number of anilines is 4. The van der Waals surface area contributed by atoms with Crippen molar-refractivity contribution in [1.82, 2.24) is 4.98 Å². The lowest BCUT2D eigenvalue weighted by molar-refractivity contribution is 0.218. The predicted octanol–water partition coefficient (Wildman–Crippen LogP) is 8.77. The molecule has 0 amide bonds. The number of rotatable bonds is 3. The number of pyridine rings is 1. The minimum absolute atomic E-state index is 0.154. The van der Waals surface area contributed by atoms with E-state index in [1.807, 2.05) is 33.9 Å². The first-order chi connectivity index (χ1) is 16.1. The largest absolute Gasteiger partial charge is 0.316 e. The van der Waals surface area contributed by atoms with Crippen LogP contribution in [0.1, 0.15) is 72.4 Å². The molecule has 2 atom stereocenters. The van der Waals surface area contributed by atoms with Crippen molar-refractivity contribution in [1.29, 1.82) is 0 Å². The lowest BCUT2D eigenvalue weighted by Crippen LogP contribution is -2.55. The second-order valence-electron chi connectivity index (χ2n) is 8.46. The molecule has 176 valence electrons. The highest BCUT2D eigenvalue weighted by Crippen LogP contribution is 2.58. The Labute approximate surface area is 201 Å². The fourth-order valence-electron chi connectivity index (χ4n) is 5.87. The van der Waals surface area contributed by atoms with Gasteiger partial charge in [0, 0.05) is 28.9 Å². The van der Waals surface area contributed by atoms with Crippen LogP contribution >= 0.6 is 0 Å². The number of nitrogens with zero attached hydrogens (tertiary/aromatic N) is 3. The Kier molecular flexibility index (Phi) is 7.84. The van der Waals surface area contributed by atoms with E-state index in [4.69, 9.17) is 4.98 Å². The second-order valence-corrected chi connectivity index (χ2v) is 8.46. The molecular formula is C30H41N3. The zero-order chi connectivity index (χ0) is 24.2. The lowest BCUT2D eigenvalue weighted by atomic mass is 9.63. The van der Waals surface area contributed by atoms with E-state index in [0.29, 0.717) is 5.92 Å². The van der Waals surface area contributed by atoms with Crippen molar-refractivity contribution in [2.45, 2.75) is 79.8 Å². The molecule has 3 heterocycles. The number of aromatic nitrogens is 1. The van der Waals surface area contributed by atoms with E-state index in [0.717, 1.165) is 18.7 Å². The summed E-state index contributed by atoms with van der Waals surface area (Å²) in [7, 11) is 0. The van der Waals surface area contributed by atoms with Crippen molar-refractivity contribution in [3.8, 4) is 0 Å². The third kappa shape index (κ3) is 3.72. The van der Waals surface area contributed by atoms with E-state index in [-0.39, 0.29) is 11.6 Å². The molecule has 3 nitrogen and oxygen atoms in total. The Hall–Kier alpha value is -2.81. The number of hydrogen-bond acceptors (Lipinski definition) is 3. The number of benzene rings is 2. The lowest BCUT2D eigenvalue weighted by Gasteiger charge is -2.52. The van der Waals surface area contributed by atoms with Crippen molar-refractivity contribution in [2.24, 2.45) is 5.92 Å². The third-order valence-electron chi connectivity index (χ3n) is 7.44. The number of aryl methyl sites for hydroxylation is 1. The molecule has 2 unspecified atom stereocenters. The first-order valence-corrected chi connectivity index (χ1v) is 12.8. The minimum Gasteiger partial charge on any atom is -0.316 e. The summed E-state index contributed by atoms with van der Waals surface area (Å²) >= 11 is 0. The van der Waals surface area contributed by atoms with E-state index >= 15 is 0 Å². The zero-order valence-electron chi connectivity index (χ0n) is 21.8. The van der Waals surface area contributed by atoms with Crippen LogP contribution in [0.4, 0.5) is 22.9 Å². The molecule has 0 N–H and O–H groups in total. The maximum Gasteiger partial charge on any atom is 0.158 e. The van der Waals surface area contributed by atoms with Gasteiger partial charge in [-0.15, -0.1) is 0 Å². The van der Waals surface area contributed by atoms with Crippen LogP contribution in [0.5, 0.6) is 0 Å². The molecule has 2 aromatic carbocycles. The van der Waals surface area contributed by atoms with Crippen LogP contribution in [-0.4, -0.2) is 11.1 Å². The summed E-state index contributed by atoms with van der Waals surface area (Å²) < 4.78 is 0. The van der Waals surface area contributed by atoms with Gasteiger partial charge in [-0.3, -0.25) is 0 Å². The molecule has 0 spiro atoms. The van der Waals surface area contributed by atoms with Crippen LogP contribution in [0.3, 0.4) is 0 Å². The smallest absolute Gasteiger partial charge is 0.158 e. The van der Waals surface area contributed by atoms with Gasteiger partial charge >= 0.3 is 0 Å². The van der Waals surface area contributed by atoms with E-state index in [1.54, 1.807) is 0 Å². The molecule has 0 aliphatic carbocycles. The highest BCUT2D eigenvalue weighted by atomic mass is 15.5. The summed E-state index contributed by atoms with van der Waals surface area (Å²) in [5.74, 6) is 1.52. The Bertz CT molecular complexity index is 1050. The Morgan fingerprint density at radius 2 is 1.33 bits per heavy atom. The average molecular weight is 444 g/mol. The van der Waals surface area contributed by atoms with Gasteiger partial charge in [-0.2, -0.15) is 0 Å². The molecule has 3 aromatic rings. The van der Waals surface area contributed by atoms with Gasteiger partial charge in [-0.1, -0.05) is 84.9 Å². The standard InChI is InChI=1S/C26H29N3.2C2H6/c1-5-26(6-2)19(4)25-28(21-14-9-7-12-18(21)3)23-16-11-17-27-24(23)29(25)22-15-10-8-13-20(22)26;2*1-2/h7-17,19,25H,5-6H2,1-4H3;2*1-2H3. The molecule has 2 aliphatic rings. The topological polar surface area (TPSA) is 19.4 Å². The predicted molar refractivity (Wildman–Crippen MR) is 144 cm³/mol. The van der Waals surface area contributed by atoms with Crippen molar-refractivity contribution in [3.63, 3.8) is 0 Å². The van der Waals surface area contributed by atoms with Crippen LogP contribution < -0.4 is 9.80 Å². The summed E-state index contributed by atoms with van der Waals surface area (Å²) in [5, 5.41) is 0. The van der Waals surface area contributed by atoms with Crippen LogP contribution in [0.2, 0.25) is 0 Å². The average Bonchev–Trinajstić information content (AvgIpc) is 3.23. The molecule has 5 rings (SSSR count). The number of fused-ring (bicyclic) bond motifs is 5. The number of para-hydroxylation sites is 2. The Morgan fingerprint density at radius 3 is 1.97 bits per heavy atom. The van der Waals surface area contributed by atoms with Gasteiger partial charge < -0.3 is 9.80 Å². The highest BCUT2D eigenvalue weighted by molar-refractivity contribution is 5.88. The molecule has 33 heavy (non-hydrogen) atoms. The third-order valence-corrected chi connectivity index (χ3v) is 7.44. The van der Waals surface area contributed by atoms with Gasteiger partial charge in [0.25, 0.3) is 0 Å². The van der Waals surface area contributed by atoms with E-state index < -0.39 is 0 Å². The number of hydrogen-bond donors (Lipinski definition) is 0. The molecule has 0 saturated heterocycles. The summed E-state index contributed by atoms with van der Waals surface area (Å²) in [6.07, 6.45) is 4.41. The molecule has 0 saturated carbocycles. The maximum atomic E-state index is 4.87. The van der Waals surface area contributed by atoms with Gasteiger partial charge in [-0.05, 0) is 55.2 Å². The first kappa shape index (κ1) is 24.8. The van der Waals surface area contributed by atoms with Crippen LogP contribution in [0.15, 0.2) is 66.9 Å². The van der Waals surface area contributed by atoms with E-state index in [9.17, 15) is 0 Å². The fourth-order valence-corrected chi connectivity index (χ4v) is 5.87. The summed E-state index contributed by atoms with van der Waals surface area (Å²) in [5.41, 5.74) is 6.72. The maximum absolute atomic E-state index is 4.87. The van der Waals surface area contributed by atoms with Crippen LogP contribution in [-0.2, 0) is 5.41 Å². The fraction of sp³-hybridized carbons (Fsp3) is 0.433. The van der Waals surface area contributed by atoms with Crippen LogP contribution in [0, 0.1) is 12.8 Å². The van der Waals surface area contributed by atoms with Gasteiger partial charge in [0.2, 0.25) is 0 Å². The first-order valence-electron chi connectivity index (χ1n) is 12.8. The summed E-state index contributed by atoms with van der Waals surface area (Å²) in [6.45, 7) is 17.4. The van der Waals surface area contributed by atoms with Crippen molar-refractivity contribution < 1.29 is 0 Å². The van der Waals surface area contributed by atoms with Crippen LogP contribution in [0.25, 0.3) is 0 Å². The van der Waals surface area contributed by atoms with Gasteiger partial charge in [0.05, 0.1) is 5.69 Å². The zero-order valence-corrected chi connectivity index (χ0v) is 21.8. The van der Waals surface area contributed by atoms with Crippen molar-refractivity contribution in [3.05, 3.63) is 78.0 Å². The highest BCUT2D eigenvalue weighted by Gasteiger charge is 2.54.